The molecule has 0 heterocycles. The van der Waals surface area contributed by atoms with E-state index >= 15 is 0 Å². The second-order valence-electron chi connectivity index (χ2n) is 9.93. The van der Waals surface area contributed by atoms with Crippen molar-refractivity contribution in [2.24, 2.45) is 23.0 Å². The lowest BCUT2D eigenvalue weighted by molar-refractivity contribution is -0.161. The van der Waals surface area contributed by atoms with Crippen LogP contribution in [-0.2, 0) is 23.9 Å². The molecule has 0 aromatic rings. The second-order valence-corrected chi connectivity index (χ2v) is 9.93. The summed E-state index contributed by atoms with van der Waals surface area (Å²) in [6.45, 7) is 7.90. The predicted molar refractivity (Wildman–Crippen MR) is 114 cm³/mol. The zero-order valence-electron chi connectivity index (χ0n) is 19.1. The zero-order chi connectivity index (χ0) is 22.4. The fraction of sp³-hybridized carbons (Fsp3) is 0.870. The van der Waals surface area contributed by atoms with Crippen molar-refractivity contribution in [3.8, 4) is 0 Å². The molecule has 0 aliphatic heterocycles. The van der Waals surface area contributed by atoms with Crippen molar-refractivity contribution >= 4 is 17.8 Å². The van der Waals surface area contributed by atoms with Crippen molar-refractivity contribution in [2.75, 3.05) is 13.2 Å². The van der Waals surface area contributed by atoms with Crippen LogP contribution in [0.15, 0.2) is 0 Å². The number of nitrogens with one attached hydrogen (secondary N) is 1. The molecule has 2 fully saturated rings. The van der Waals surface area contributed by atoms with E-state index in [-0.39, 0.29) is 36.4 Å². The molecule has 1 amide bonds. The maximum absolute atomic E-state index is 13.3. The van der Waals surface area contributed by atoms with Gasteiger partial charge in [0.25, 0.3) is 0 Å². The van der Waals surface area contributed by atoms with Gasteiger partial charge in [0.2, 0.25) is 5.91 Å². The Morgan fingerprint density at radius 2 is 1.70 bits per heavy atom. The van der Waals surface area contributed by atoms with Crippen molar-refractivity contribution < 1.29 is 23.9 Å². The van der Waals surface area contributed by atoms with Gasteiger partial charge >= 0.3 is 11.9 Å². The number of hydrogen-bond donors (Lipinski definition) is 2. The SMILES string of the molecule is CCOC(=O)C1CCC(NC(=O)C2(CC(CN)C(=O)OC(C)(C)C)CCCC2)CC1. The van der Waals surface area contributed by atoms with Gasteiger partial charge < -0.3 is 20.5 Å². The van der Waals surface area contributed by atoms with Gasteiger partial charge in [0.15, 0.2) is 0 Å². The maximum Gasteiger partial charge on any atom is 0.310 e. The minimum absolute atomic E-state index is 0.0293. The minimum Gasteiger partial charge on any atom is -0.466 e. The van der Waals surface area contributed by atoms with E-state index in [2.05, 4.69) is 5.32 Å². The third-order valence-corrected chi connectivity index (χ3v) is 6.39. The summed E-state index contributed by atoms with van der Waals surface area (Å²) < 4.78 is 10.7. The molecule has 1 unspecified atom stereocenters. The molecule has 0 aromatic heterocycles. The maximum atomic E-state index is 13.3. The van der Waals surface area contributed by atoms with Gasteiger partial charge in [0, 0.05) is 12.6 Å². The summed E-state index contributed by atoms with van der Waals surface area (Å²) in [5.41, 5.74) is 4.77. The Morgan fingerprint density at radius 3 is 2.20 bits per heavy atom. The summed E-state index contributed by atoms with van der Waals surface area (Å²) in [7, 11) is 0. The van der Waals surface area contributed by atoms with Crippen LogP contribution in [0.4, 0.5) is 0 Å². The summed E-state index contributed by atoms with van der Waals surface area (Å²) >= 11 is 0. The van der Waals surface area contributed by atoms with Crippen LogP contribution in [0.3, 0.4) is 0 Å². The minimum atomic E-state index is -0.576. The standard InChI is InChI=1S/C23H40N2O5/c1-5-29-19(26)16-8-10-18(11-9-16)25-21(28)23(12-6-7-13-23)14-17(15-24)20(27)30-22(2,3)4/h16-18H,5-15,24H2,1-4H3,(H,25,28). The van der Waals surface area contributed by atoms with E-state index in [0.29, 0.717) is 13.0 Å². The van der Waals surface area contributed by atoms with Gasteiger partial charge in [-0.05, 0) is 72.6 Å². The summed E-state index contributed by atoms with van der Waals surface area (Å²) in [6.07, 6.45) is 6.97. The highest BCUT2D eigenvalue weighted by Crippen LogP contribution is 2.44. The summed E-state index contributed by atoms with van der Waals surface area (Å²) in [5.74, 6) is -0.960. The van der Waals surface area contributed by atoms with Crippen LogP contribution in [0.5, 0.6) is 0 Å². The fourth-order valence-electron chi connectivity index (χ4n) is 4.77. The van der Waals surface area contributed by atoms with Crippen molar-refractivity contribution in [1.82, 2.24) is 5.32 Å². The molecule has 3 N–H and O–H groups in total. The number of hydrogen-bond acceptors (Lipinski definition) is 6. The smallest absolute Gasteiger partial charge is 0.310 e. The summed E-state index contributed by atoms with van der Waals surface area (Å²) in [4.78, 5) is 37.9. The number of carbonyl (C=O) groups excluding carboxylic acids is 3. The molecule has 0 aromatic carbocycles. The lowest BCUT2D eigenvalue weighted by Crippen LogP contribution is -2.48. The first-order valence-corrected chi connectivity index (χ1v) is 11.5. The van der Waals surface area contributed by atoms with E-state index in [0.717, 1.165) is 51.4 Å². The lowest BCUT2D eigenvalue weighted by atomic mass is 9.76. The molecule has 172 valence electrons. The van der Waals surface area contributed by atoms with E-state index in [1.165, 1.54) is 0 Å². The van der Waals surface area contributed by atoms with Crippen LogP contribution in [0.2, 0.25) is 0 Å². The van der Waals surface area contributed by atoms with Crippen LogP contribution in [0.1, 0.15) is 85.5 Å². The number of nitrogens with two attached hydrogens (primary N) is 1. The average molecular weight is 425 g/mol. The monoisotopic (exact) mass is 424 g/mol. The highest BCUT2D eigenvalue weighted by molar-refractivity contribution is 5.84. The number of carbonyl (C=O) groups is 3. The van der Waals surface area contributed by atoms with Gasteiger partial charge in [-0.3, -0.25) is 14.4 Å². The highest BCUT2D eigenvalue weighted by atomic mass is 16.6. The number of ether oxygens (including phenoxy) is 2. The number of rotatable bonds is 8. The Kier molecular flexibility index (Phi) is 8.71. The van der Waals surface area contributed by atoms with Crippen LogP contribution in [0, 0.1) is 17.3 Å². The van der Waals surface area contributed by atoms with E-state index in [4.69, 9.17) is 15.2 Å². The highest BCUT2D eigenvalue weighted by Gasteiger charge is 2.45. The third kappa shape index (κ3) is 6.69. The second kappa shape index (κ2) is 10.6. The normalized spacial score (nSPS) is 24.7. The van der Waals surface area contributed by atoms with E-state index in [9.17, 15) is 14.4 Å². The molecule has 0 radical (unpaired) electrons. The molecule has 0 bridgehead atoms. The molecule has 0 saturated heterocycles. The Labute approximate surface area is 180 Å². The topological polar surface area (TPSA) is 108 Å². The van der Waals surface area contributed by atoms with Crippen LogP contribution >= 0.6 is 0 Å². The summed E-state index contributed by atoms with van der Waals surface area (Å²) in [6, 6.07) is 0.0681. The molecule has 30 heavy (non-hydrogen) atoms. The molecule has 7 nitrogen and oxygen atoms in total. The van der Waals surface area contributed by atoms with E-state index < -0.39 is 16.9 Å². The first-order valence-electron chi connectivity index (χ1n) is 11.5. The van der Waals surface area contributed by atoms with Gasteiger partial charge in [-0.15, -0.1) is 0 Å². The van der Waals surface area contributed by atoms with Crippen molar-refractivity contribution in [3.63, 3.8) is 0 Å². The molecule has 0 spiro atoms. The molecular formula is C23H40N2O5. The summed E-state index contributed by atoms with van der Waals surface area (Å²) in [5, 5.41) is 3.23. The molecule has 2 aliphatic carbocycles. The third-order valence-electron chi connectivity index (χ3n) is 6.39. The first kappa shape index (κ1) is 24.6. The van der Waals surface area contributed by atoms with Gasteiger partial charge in [-0.25, -0.2) is 0 Å². The number of amides is 1. The largest absolute Gasteiger partial charge is 0.466 e. The van der Waals surface area contributed by atoms with Gasteiger partial charge in [0.1, 0.15) is 5.60 Å². The van der Waals surface area contributed by atoms with Crippen molar-refractivity contribution in [1.29, 1.82) is 0 Å². The lowest BCUT2D eigenvalue weighted by Gasteiger charge is -2.35. The Morgan fingerprint density at radius 1 is 1.10 bits per heavy atom. The van der Waals surface area contributed by atoms with Crippen LogP contribution in [0.25, 0.3) is 0 Å². The predicted octanol–water partition coefficient (Wildman–Crippen LogP) is 3.09. The van der Waals surface area contributed by atoms with Crippen molar-refractivity contribution in [3.05, 3.63) is 0 Å². The molecule has 2 rings (SSSR count). The van der Waals surface area contributed by atoms with Gasteiger partial charge in [-0.2, -0.15) is 0 Å². The zero-order valence-corrected chi connectivity index (χ0v) is 19.1. The van der Waals surface area contributed by atoms with Crippen molar-refractivity contribution in [2.45, 2.75) is 97.1 Å². The molecule has 1 atom stereocenters. The Hall–Kier alpha value is -1.63. The Bertz CT molecular complexity index is 599. The van der Waals surface area contributed by atoms with Gasteiger partial charge in [0.05, 0.1) is 23.9 Å². The van der Waals surface area contributed by atoms with Crippen LogP contribution in [-0.4, -0.2) is 42.6 Å². The number of esters is 2. The molecule has 2 saturated carbocycles. The quantitative estimate of drug-likeness (QED) is 0.580. The molecule has 2 aliphatic rings. The fourth-order valence-corrected chi connectivity index (χ4v) is 4.77. The van der Waals surface area contributed by atoms with Gasteiger partial charge in [-0.1, -0.05) is 12.8 Å². The Balaban J connectivity index is 1.97. The first-order chi connectivity index (χ1) is 14.1. The molecular weight excluding hydrogens is 384 g/mol. The van der Waals surface area contributed by atoms with E-state index in [1.54, 1.807) is 0 Å². The van der Waals surface area contributed by atoms with Crippen LogP contribution < -0.4 is 11.1 Å². The van der Waals surface area contributed by atoms with E-state index in [1.807, 2.05) is 27.7 Å². The molecule has 7 heteroatoms. The average Bonchev–Trinajstić information content (AvgIpc) is 3.15.